The lowest BCUT2D eigenvalue weighted by Gasteiger charge is -2.12. The van der Waals surface area contributed by atoms with Crippen LogP contribution in [0.4, 0.5) is 5.82 Å². The molecule has 0 aliphatic carbocycles. The average molecular weight is 368 g/mol. The average Bonchev–Trinajstić information content (AvgIpc) is 3.25. The Labute approximate surface area is 159 Å². The molecule has 28 heavy (non-hydrogen) atoms. The molecule has 7 nitrogen and oxygen atoms in total. The maximum Gasteiger partial charge on any atom is 0.323 e. The number of imidazole rings is 2. The van der Waals surface area contributed by atoms with Gasteiger partial charge in [-0.25, -0.2) is 9.78 Å². The number of hydrogen-bond donors (Lipinski definition) is 3. The van der Waals surface area contributed by atoms with Gasteiger partial charge in [0.2, 0.25) is 0 Å². The van der Waals surface area contributed by atoms with Gasteiger partial charge in [0.15, 0.2) is 5.65 Å². The molecule has 0 saturated carbocycles. The fourth-order valence-electron chi connectivity index (χ4n) is 3.61. The second kappa shape index (κ2) is 5.99. The molecular weight excluding hydrogens is 352 g/mol. The predicted molar refractivity (Wildman–Crippen MR) is 108 cm³/mol. The summed E-state index contributed by atoms with van der Waals surface area (Å²) in [6, 6.07) is 17.9. The minimum atomic E-state index is -0.213. The fraction of sp³-hybridized carbons (Fsp3) is 0.0952. The van der Waals surface area contributed by atoms with Crippen molar-refractivity contribution in [3.8, 4) is 6.07 Å². The van der Waals surface area contributed by atoms with Gasteiger partial charge in [0, 0.05) is 6.54 Å². The number of fused-ring (bicyclic) bond motifs is 4. The van der Waals surface area contributed by atoms with Crippen molar-refractivity contribution in [1.82, 2.24) is 19.4 Å². The molecule has 0 saturated heterocycles. The molecule has 0 spiro atoms. The summed E-state index contributed by atoms with van der Waals surface area (Å²) >= 11 is 0. The topological polar surface area (TPSA) is 102 Å². The highest BCUT2D eigenvalue weighted by Crippen LogP contribution is 2.27. The number of H-pyrrole nitrogens is 2. The van der Waals surface area contributed by atoms with E-state index in [1.807, 2.05) is 59.9 Å². The number of para-hydroxylation sites is 2. The van der Waals surface area contributed by atoms with Crippen molar-refractivity contribution < 1.29 is 0 Å². The van der Waals surface area contributed by atoms with Crippen LogP contribution in [0.2, 0.25) is 0 Å². The molecule has 0 aliphatic rings. The number of rotatable bonds is 3. The van der Waals surface area contributed by atoms with Gasteiger partial charge in [-0.15, -0.1) is 0 Å². The Morgan fingerprint density at radius 1 is 1.14 bits per heavy atom. The number of hydrogen-bond acceptors (Lipinski definition) is 4. The zero-order valence-electron chi connectivity index (χ0n) is 15.1. The molecule has 0 fully saturated rings. The molecule has 136 valence electrons. The first-order valence-electron chi connectivity index (χ1n) is 8.90. The van der Waals surface area contributed by atoms with Crippen LogP contribution in [0, 0.1) is 18.3 Å². The molecule has 0 radical (unpaired) electrons. The Kier molecular flexibility index (Phi) is 3.46. The summed E-state index contributed by atoms with van der Waals surface area (Å²) in [5.41, 5.74) is 6.27. The van der Waals surface area contributed by atoms with Crippen molar-refractivity contribution in [2.24, 2.45) is 0 Å². The summed E-state index contributed by atoms with van der Waals surface area (Å²) in [6.07, 6.45) is 0. The van der Waals surface area contributed by atoms with E-state index in [1.165, 1.54) is 0 Å². The standard InChI is InChI=1S/C21H16N6O/c1-12-8-19(23-11-13-6-7-15-17(9-13)26-21(28)25-15)27-18-5-3-2-4-16(18)24-20(27)14(12)10-22/h2-9,23H,11H2,1H3,(H2,25,26,28). The zero-order chi connectivity index (χ0) is 19.3. The molecule has 3 heterocycles. The summed E-state index contributed by atoms with van der Waals surface area (Å²) in [6.45, 7) is 2.48. The van der Waals surface area contributed by atoms with Crippen molar-refractivity contribution in [2.45, 2.75) is 13.5 Å². The van der Waals surface area contributed by atoms with E-state index in [4.69, 9.17) is 0 Å². The minimum absolute atomic E-state index is 0.213. The van der Waals surface area contributed by atoms with Gasteiger partial charge >= 0.3 is 5.69 Å². The van der Waals surface area contributed by atoms with Gasteiger partial charge in [0.05, 0.1) is 27.6 Å². The SMILES string of the molecule is Cc1cc(NCc2ccc3[nH]c(=O)[nH]c3c2)n2c(nc3ccccc32)c1C#N. The Hall–Kier alpha value is -4.05. The second-order valence-corrected chi connectivity index (χ2v) is 6.77. The highest BCUT2D eigenvalue weighted by molar-refractivity contribution is 5.85. The molecule has 3 N–H and O–H groups in total. The smallest absolute Gasteiger partial charge is 0.323 e. The van der Waals surface area contributed by atoms with Gasteiger partial charge in [0.1, 0.15) is 11.9 Å². The monoisotopic (exact) mass is 368 g/mol. The van der Waals surface area contributed by atoms with Crippen LogP contribution in [0.5, 0.6) is 0 Å². The van der Waals surface area contributed by atoms with Crippen LogP contribution in [0.1, 0.15) is 16.7 Å². The molecule has 0 bridgehead atoms. The number of pyridine rings is 1. The number of anilines is 1. The number of aryl methyl sites for hydroxylation is 1. The number of aromatic nitrogens is 4. The van der Waals surface area contributed by atoms with E-state index in [1.54, 1.807) is 0 Å². The highest BCUT2D eigenvalue weighted by atomic mass is 16.1. The van der Waals surface area contributed by atoms with Crippen LogP contribution in [-0.2, 0) is 6.54 Å². The van der Waals surface area contributed by atoms with Crippen molar-refractivity contribution in [3.05, 3.63) is 75.7 Å². The summed E-state index contributed by atoms with van der Waals surface area (Å²) in [5, 5.41) is 13.0. The van der Waals surface area contributed by atoms with Crippen LogP contribution in [-0.4, -0.2) is 19.4 Å². The first kappa shape index (κ1) is 16.1. The summed E-state index contributed by atoms with van der Waals surface area (Å²) in [7, 11) is 0. The molecule has 0 atom stereocenters. The lowest BCUT2D eigenvalue weighted by atomic mass is 10.1. The molecule has 5 aromatic rings. The Bertz CT molecular complexity index is 1460. The Balaban J connectivity index is 1.61. The van der Waals surface area contributed by atoms with E-state index in [0.29, 0.717) is 17.8 Å². The van der Waals surface area contributed by atoms with Crippen molar-refractivity contribution in [1.29, 1.82) is 5.26 Å². The van der Waals surface area contributed by atoms with Gasteiger partial charge in [-0.05, 0) is 48.4 Å². The summed E-state index contributed by atoms with van der Waals surface area (Å²) in [4.78, 5) is 21.6. The highest BCUT2D eigenvalue weighted by Gasteiger charge is 2.14. The van der Waals surface area contributed by atoms with E-state index in [2.05, 4.69) is 26.3 Å². The Morgan fingerprint density at radius 2 is 1.96 bits per heavy atom. The molecule has 0 amide bonds. The van der Waals surface area contributed by atoms with E-state index in [9.17, 15) is 10.1 Å². The third-order valence-electron chi connectivity index (χ3n) is 4.94. The van der Waals surface area contributed by atoms with Crippen LogP contribution in [0.3, 0.4) is 0 Å². The number of aromatic amines is 2. The molecular formula is C21H16N6O. The van der Waals surface area contributed by atoms with E-state index in [0.717, 1.165) is 39.0 Å². The van der Waals surface area contributed by atoms with Crippen LogP contribution < -0.4 is 11.0 Å². The maximum atomic E-state index is 11.5. The van der Waals surface area contributed by atoms with E-state index in [-0.39, 0.29) is 5.69 Å². The van der Waals surface area contributed by atoms with Crippen LogP contribution >= 0.6 is 0 Å². The summed E-state index contributed by atoms with van der Waals surface area (Å²) in [5.74, 6) is 0.864. The van der Waals surface area contributed by atoms with Gasteiger partial charge in [-0.1, -0.05) is 18.2 Å². The van der Waals surface area contributed by atoms with Gasteiger partial charge in [0.25, 0.3) is 0 Å². The predicted octanol–water partition coefficient (Wildman–Crippen LogP) is 3.45. The number of benzene rings is 2. The third kappa shape index (κ3) is 2.43. The molecule has 3 aromatic heterocycles. The molecule has 5 rings (SSSR count). The normalized spacial score (nSPS) is 11.3. The minimum Gasteiger partial charge on any atom is -0.367 e. The third-order valence-corrected chi connectivity index (χ3v) is 4.94. The molecule has 0 aliphatic heterocycles. The first-order chi connectivity index (χ1) is 13.6. The van der Waals surface area contributed by atoms with Crippen LogP contribution in [0.25, 0.3) is 27.7 Å². The first-order valence-corrected chi connectivity index (χ1v) is 8.90. The number of nitriles is 1. The van der Waals surface area contributed by atoms with Gasteiger partial charge in [-0.3, -0.25) is 4.40 Å². The Morgan fingerprint density at radius 3 is 2.82 bits per heavy atom. The van der Waals surface area contributed by atoms with Crippen molar-refractivity contribution in [3.63, 3.8) is 0 Å². The van der Waals surface area contributed by atoms with E-state index < -0.39 is 0 Å². The van der Waals surface area contributed by atoms with Gasteiger partial charge in [-0.2, -0.15) is 5.26 Å². The lowest BCUT2D eigenvalue weighted by molar-refractivity contribution is 1.08. The zero-order valence-corrected chi connectivity index (χ0v) is 15.1. The summed E-state index contributed by atoms with van der Waals surface area (Å²) < 4.78 is 1.98. The molecule has 0 unspecified atom stereocenters. The van der Waals surface area contributed by atoms with Gasteiger partial charge < -0.3 is 15.3 Å². The fourth-order valence-corrected chi connectivity index (χ4v) is 3.61. The second-order valence-electron chi connectivity index (χ2n) is 6.77. The quantitative estimate of drug-likeness (QED) is 0.454. The molecule has 2 aromatic carbocycles. The largest absolute Gasteiger partial charge is 0.367 e. The number of nitrogens with zero attached hydrogens (tertiary/aromatic N) is 3. The van der Waals surface area contributed by atoms with Crippen molar-refractivity contribution in [2.75, 3.05) is 5.32 Å². The van der Waals surface area contributed by atoms with Crippen LogP contribution in [0.15, 0.2) is 53.3 Å². The molecule has 7 heteroatoms. The van der Waals surface area contributed by atoms with Crippen molar-refractivity contribution >= 4 is 33.5 Å². The van der Waals surface area contributed by atoms with E-state index >= 15 is 0 Å². The maximum absolute atomic E-state index is 11.5. The lowest BCUT2D eigenvalue weighted by Crippen LogP contribution is -2.06. The number of nitrogens with one attached hydrogen (secondary N) is 3.